The fourth-order valence-electron chi connectivity index (χ4n) is 1.81. The standard InChI is InChI=1S/C13H14Br2N2S/c14-11-4-2-1-3-9(11)7-10(17-16)8-13-12(15)5-6-18-13/h1-6,10,17H,7-8,16H2. The number of hydrogen-bond donors (Lipinski definition) is 2. The van der Waals surface area contributed by atoms with Crippen molar-refractivity contribution in [3.63, 3.8) is 0 Å². The second kappa shape index (κ2) is 6.82. The monoisotopic (exact) mass is 388 g/mol. The van der Waals surface area contributed by atoms with Crippen molar-refractivity contribution in [2.75, 3.05) is 0 Å². The molecule has 0 fully saturated rings. The summed E-state index contributed by atoms with van der Waals surface area (Å²) in [6, 6.07) is 10.6. The molecule has 1 aromatic heterocycles. The van der Waals surface area contributed by atoms with Crippen LogP contribution in [0.15, 0.2) is 44.7 Å². The lowest BCUT2D eigenvalue weighted by Crippen LogP contribution is -2.38. The molecule has 5 heteroatoms. The van der Waals surface area contributed by atoms with Gasteiger partial charge in [-0.3, -0.25) is 11.3 Å². The van der Waals surface area contributed by atoms with Crippen LogP contribution < -0.4 is 11.3 Å². The summed E-state index contributed by atoms with van der Waals surface area (Å²) in [5.41, 5.74) is 4.18. The van der Waals surface area contributed by atoms with Gasteiger partial charge in [0.2, 0.25) is 0 Å². The van der Waals surface area contributed by atoms with E-state index < -0.39 is 0 Å². The first-order valence-electron chi connectivity index (χ1n) is 5.62. The molecule has 0 saturated heterocycles. The second-order valence-electron chi connectivity index (χ2n) is 4.05. The number of hydrazine groups is 1. The van der Waals surface area contributed by atoms with Crippen LogP contribution in [0.2, 0.25) is 0 Å². The third kappa shape index (κ3) is 3.65. The minimum absolute atomic E-state index is 0.235. The van der Waals surface area contributed by atoms with E-state index in [1.54, 1.807) is 11.3 Å². The van der Waals surface area contributed by atoms with Crippen molar-refractivity contribution in [1.82, 2.24) is 5.43 Å². The zero-order chi connectivity index (χ0) is 13.0. The lowest BCUT2D eigenvalue weighted by Gasteiger charge is -2.16. The van der Waals surface area contributed by atoms with E-state index in [1.807, 2.05) is 6.07 Å². The number of hydrogen-bond acceptors (Lipinski definition) is 3. The molecule has 2 nitrogen and oxygen atoms in total. The molecule has 0 aliphatic rings. The third-order valence-corrected chi connectivity index (χ3v) is 5.50. The molecular formula is C13H14Br2N2S. The van der Waals surface area contributed by atoms with Gasteiger partial charge in [0.25, 0.3) is 0 Å². The minimum atomic E-state index is 0.235. The van der Waals surface area contributed by atoms with Gasteiger partial charge in [-0.2, -0.15) is 0 Å². The lowest BCUT2D eigenvalue weighted by atomic mass is 10.0. The van der Waals surface area contributed by atoms with Gasteiger partial charge in [-0.25, -0.2) is 0 Å². The van der Waals surface area contributed by atoms with Crippen LogP contribution in [0.25, 0.3) is 0 Å². The molecule has 1 atom stereocenters. The van der Waals surface area contributed by atoms with Crippen molar-refractivity contribution in [2.45, 2.75) is 18.9 Å². The average molecular weight is 390 g/mol. The highest BCUT2D eigenvalue weighted by Crippen LogP contribution is 2.25. The molecule has 2 aromatic rings. The Balaban J connectivity index is 2.06. The molecule has 0 amide bonds. The fraction of sp³-hybridized carbons (Fsp3) is 0.231. The Morgan fingerprint density at radius 2 is 1.89 bits per heavy atom. The van der Waals surface area contributed by atoms with E-state index in [4.69, 9.17) is 5.84 Å². The Kier molecular flexibility index (Phi) is 5.38. The molecule has 96 valence electrons. The van der Waals surface area contributed by atoms with Crippen LogP contribution in [-0.2, 0) is 12.8 Å². The maximum atomic E-state index is 5.66. The summed E-state index contributed by atoms with van der Waals surface area (Å²) >= 11 is 8.88. The lowest BCUT2D eigenvalue weighted by molar-refractivity contribution is 0.524. The predicted octanol–water partition coefficient (Wildman–Crippen LogP) is 3.89. The van der Waals surface area contributed by atoms with Crippen LogP contribution in [0, 0.1) is 0 Å². The van der Waals surface area contributed by atoms with E-state index in [9.17, 15) is 0 Å². The molecule has 1 aromatic carbocycles. The van der Waals surface area contributed by atoms with Crippen molar-refractivity contribution in [3.05, 3.63) is 55.1 Å². The van der Waals surface area contributed by atoms with E-state index in [-0.39, 0.29) is 6.04 Å². The van der Waals surface area contributed by atoms with Crippen molar-refractivity contribution in [3.8, 4) is 0 Å². The van der Waals surface area contributed by atoms with Crippen LogP contribution in [0.4, 0.5) is 0 Å². The Morgan fingerprint density at radius 1 is 1.11 bits per heavy atom. The van der Waals surface area contributed by atoms with Gasteiger partial charge in [0, 0.05) is 19.9 Å². The van der Waals surface area contributed by atoms with Crippen molar-refractivity contribution in [2.24, 2.45) is 5.84 Å². The summed E-state index contributed by atoms with van der Waals surface area (Å²) in [4.78, 5) is 1.32. The summed E-state index contributed by atoms with van der Waals surface area (Å²) in [5.74, 6) is 5.66. The van der Waals surface area contributed by atoms with Crippen molar-refractivity contribution in [1.29, 1.82) is 0 Å². The summed E-state index contributed by atoms with van der Waals surface area (Å²) in [7, 11) is 0. The van der Waals surface area contributed by atoms with E-state index >= 15 is 0 Å². The molecule has 3 N–H and O–H groups in total. The number of benzene rings is 1. The zero-order valence-electron chi connectivity index (χ0n) is 9.70. The largest absolute Gasteiger partial charge is 0.271 e. The van der Waals surface area contributed by atoms with Gasteiger partial charge in [0.05, 0.1) is 0 Å². The van der Waals surface area contributed by atoms with E-state index in [0.29, 0.717) is 0 Å². The highest BCUT2D eigenvalue weighted by atomic mass is 79.9. The van der Waals surface area contributed by atoms with Gasteiger partial charge in [0.15, 0.2) is 0 Å². The van der Waals surface area contributed by atoms with Crippen LogP contribution in [-0.4, -0.2) is 6.04 Å². The average Bonchev–Trinajstić information content (AvgIpc) is 2.77. The Bertz CT molecular complexity index is 513. The number of thiophene rings is 1. The maximum Gasteiger partial charge on any atom is 0.0314 e. The van der Waals surface area contributed by atoms with Gasteiger partial charge < -0.3 is 0 Å². The maximum absolute atomic E-state index is 5.66. The normalized spacial score (nSPS) is 12.6. The molecule has 1 unspecified atom stereocenters. The molecule has 0 spiro atoms. The quantitative estimate of drug-likeness (QED) is 0.601. The third-order valence-electron chi connectivity index (χ3n) is 2.78. The van der Waals surface area contributed by atoms with Crippen molar-refractivity contribution >= 4 is 43.2 Å². The predicted molar refractivity (Wildman–Crippen MR) is 84.7 cm³/mol. The molecule has 1 heterocycles. The van der Waals surface area contributed by atoms with Gasteiger partial charge in [0.1, 0.15) is 0 Å². The van der Waals surface area contributed by atoms with Crippen LogP contribution >= 0.6 is 43.2 Å². The Hall–Kier alpha value is -0.200. The number of rotatable bonds is 5. The first-order valence-corrected chi connectivity index (χ1v) is 8.08. The van der Waals surface area contributed by atoms with Crippen molar-refractivity contribution < 1.29 is 0 Å². The van der Waals surface area contributed by atoms with Crippen LogP contribution in [0.3, 0.4) is 0 Å². The van der Waals surface area contributed by atoms with Gasteiger partial charge in [-0.15, -0.1) is 11.3 Å². The number of nitrogens with one attached hydrogen (secondary N) is 1. The van der Waals surface area contributed by atoms with Crippen LogP contribution in [0.5, 0.6) is 0 Å². The highest BCUT2D eigenvalue weighted by molar-refractivity contribution is 9.10. The Labute approximate surface area is 128 Å². The highest BCUT2D eigenvalue weighted by Gasteiger charge is 2.13. The Morgan fingerprint density at radius 3 is 2.50 bits per heavy atom. The minimum Gasteiger partial charge on any atom is -0.271 e. The summed E-state index contributed by atoms with van der Waals surface area (Å²) in [6.07, 6.45) is 1.83. The van der Waals surface area contributed by atoms with Gasteiger partial charge in [-0.05, 0) is 51.8 Å². The summed E-state index contributed by atoms with van der Waals surface area (Å²) < 4.78 is 2.30. The first kappa shape index (κ1) is 14.2. The second-order valence-corrected chi connectivity index (χ2v) is 6.76. The summed E-state index contributed by atoms with van der Waals surface area (Å²) in [5, 5.41) is 2.09. The molecule has 0 bridgehead atoms. The summed E-state index contributed by atoms with van der Waals surface area (Å²) in [6.45, 7) is 0. The number of nitrogens with two attached hydrogens (primary N) is 1. The molecule has 0 radical (unpaired) electrons. The number of halogens is 2. The molecule has 0 aliphatic carbocycles. The molecule has 0 aliphatic heterocycles. The van der Waals surface area contributed by atoms with E-state index in [0.717, 1.165) is 17.3 Å². The molecule has 18 heavy (non-hydrogen) atoms. The van der Waals surface area contributed by atoms with E-state index in [2.05, 4.69) is 66.9 Å². The SMILES string of the molecule is NNC(Cc1ccccc1Br)Cc1sccc1Br. The van der Waals surface area contributed by atoms with Gasteiger partial charge >= 0.3 is 0 Å². The fourth-order valence-corrected chi connectivity index (χ4v) is 3.86. The molecule has 0 saturated carbocycles. The van der Waals surface area contributed by atoms with Crippen LogP contribution in [0.1, 0.15) is 10.4 Å². The first-order chi connectivity index (χ1) is 8.70. The topological polar surface area (TPSA) is 38.0 Å². The smallest absolute Gasteiger partial charge is 0.0314 e. The zero-order valence-corrected chi connectivity index (χ0v) is 13.7. The molecule has 2 rings (SSSR count). The van der Waals surface area contributed by atoms with E-state index in [1.165, 1.54) is 14.9 Å². The molecular weight excluding hydrogens is 376 g/mol. The van der Waals surface area contributed by atoms with Gasteiger partial charge in [-0.1, -0.05) is 34.1 Å².